The number of nitrogens with two attached hydrogens (primary N) is 1. The number of aryl methyl sites for hydroxylation is 1. The predicted octanol–water partition coefficient (Wildman–Crippen LogP) is 2.23. The molecule has 0 saturated carbocycles. The van der Waals surface area contributed by atoms with Gasteiger partial charge in [-0.25, -0.2) is 23.5 Å². The average molecular weight is 473 g/mol. The summed E-state index contributed by atoms with van der Waals surface area (Å²) in [6, 6.07) is 4.04. The van der Waals surface area contributed by atoms with Crippen molar-refractivity contribution < 1.29 is 31.1 Å². The number of pyridine rings is 2. The van der Waals surface area contributed by atoms with E-state index in [9.17, 15) is 26.4 Å². The van der Waals surface area contributed by atoms with Crippen molar-refractivity contribution in [1.29, 1.82) is 0 Å². The van der Waals surface area contributed by atoms with Crippen LogP contribution in [0.2, 0.25) is 0 Å². The Kier molecular flexibility index (Phi) is 6.72. The molecule has 0 radical (unpaired) electrons. The van der Waals surface area contributed by atoms with Gasteiger partial charge in [-0.2, -0.15) is 13.2 Å². The van der Waals surface area contributed by atoms with Crippen molar-refractivity contribution in [3.05, 3.63) is 41.7 Å². The highest BCUT2D eigenvalue weighted by molar-refractivity contribution is 7.89. The number of carbonyl (C=O) groups is 1. The van der Waals surface area contributed by atoms with Gasteiger partial charge in [0.25, 0.3) is 15.9 Å². The minimum absolute atomic E-state index is 0.0182. The Labute approximate surface area is 182 Å². The summed E-state index contributed by atoms with van der Waals surface area (Å²) in [5, 5.41) is 7.21. The zero-order chi connectivity index (χ0) is 23.7. The second-order valence-corrected chi connectivity index (χ2v) is 8.99. The molecule has 1 amide bonds. The van der Waals surface area contributed by atoms with Crippen LogP contribution in [0.3, 0.4) is 0 Å². The van der Waals surface area contributed by atoms with E-state index in [-0.39, 0.29) is 36.6 Å². The summed E-state index contributed by atoms with van der Waals surface area (Å²) >= 11 is 0. The van der Waals surface area contributed by atoms with E-state index in [2.05, 4.69) is 15.3 Å². The third kappa shape index (κ3) is 5.72. The van der Waals surface area contributed by atoms with Gasteiger partial charge in [-0.3, -0.25) is 4.79 Å². The van der Waals surface area contributed by atoms with Crippen molar-refractivity contribution in [1.82, 2.24) is 9.97 Å². The molecule has 2 aromatic heterocycles. The third-order valence-corrected chi connectivity index (χ3v) is 5.54. The Bertz CT molecular complexity index is 1110. The number of primary sulfonamides is 1. The summed E-state index contributed by atoms with van der Waals surface area (Å²) in [5.74, 6) is -0.417. The van der Waals surface area contributed by atoms with Gasteiger partial charge in [-0.15, -0.1) is 0 Å². The normalized spacial score (nSPS) is 20.0. The highest BCUT2D eigenvalue weighted by Crippen LogP contribution is 2.31. The number of anilines is 2. The van der Waals surface area contributed by atoms with Crippen molar-refractivity contribution in [2.24, 2.45) is 5.14 Å². The van der Waals surface area contributed by atoms with Gasteiger partial charge >= 0.3 is 6.18 Å². The zero-order valence-electron chi connectivity index (χ0n) is 17.3. The maximum atomic E-state index is 13.2. The molecule has 0 aliphatic carbocycles. The number of carbonyl (C=O) groups excluding carboxylic acids is 1. The molecule has 1 saturated heterocycles. The van der Waals surface area contributed by atoms with E-state index in [0.29, 0.717) is 5.56 Å². The van der Waals surface area contributed by atoms with Crippen LogP contribution in [0.25, 0.3) is 0 Å². The number of aromatic nitrogens is 2. The van der Waals surface area contributed by atoms with Crippen LogP contribution in [-0.4, -0.2) is 55.8 Å². The second-order valence-electron chi connectivity index (χ2n) is 7.48. The molecule has 3 N–H and O–H groups in total. The maximum absolute atomic E-state index is 13.2. The lowest BCUT2D eigenvalue weighted by atomic mass is 10.1. The molecule has 3 rings (SSSR count). The van der Waals surface area contributed by atoms with E-state index in [1.54, 1.807) is 17.9 Å². The van der Waals surface area contributed by atoms with Gasteiger partial charge in [0.1, 0.15) is 5.82 Å². The van der Waals surface area contributed by atoms with Crippen molar-refractivity contribution in [2.75, 3.05) is 23.3 Å². The van der Waals surface area contributed by atoms with Crippen LogP contribution in [-0.2, 0) is 14.8 Å². The molecule has 174 valence electrons. The van der Waals surface area contributed by atoms with Crippen molar-refractivity contribution >= 4 is 27.4 Å². The molecule has 0 spiro atoms. The number of nitrogens with one attached hydrogen (secondary N) is 1. The molecule has 2 aromatic rings. The van der Waals surface area contributed by atoms with Gasteiger partial charge in [-0.1, -0.05) is 0 Å². The van der Waals surface area contributed by atoms with Crippen LogP contribution in [0.15, 0.2) is 35.6 Å². The molecular weight excluding hydrogens is 451 g/mol. The van der Waals surface area contributed by atoms with Gasteiger partial charge in [0.05, 0.1) is 11.7 Å². The zero-order valence-corrected chi connectivity index (χ0v) is 18.1. The number of rotatable bonds is 4. The van der Waals surface area contributed by atoms with Gasteiger partial charge in [-0.05, 0) is 31.5 Å². The molecule has 2 atom stereocenters. The minimum atomic E-state index is -4.49. The van der Waals surface area contributed by atoms with Crippen LogP contribution in [0.5, 0.6) is 0 Å². The molecule has 1 fully saturated rings. The number of hydrogen-bond acceptors (Lipinski definition) is 7. The number of ether oxygens (including phenoxy) is 1. The summed E-state index contributed by atoms with van der Waals surface area (Å²) in [5.41, 5.74) is 0.911. The van der Waals surface area contributed by atoms with Gasteiger partial charge in [0.15, 0.2) is 11.1 Å². The lowest BCUT2D eigenvalue weighted by Gasteiger charge is -2.25. The van der Waals surface area contributed by atoms with E-state index < -0.39 is 39.3 Å². The maximum Gasteiger partial charge on any atom is 0.414 e. The van der Waals surface area contributed by atoms with Gasteiger partial charge in [0.2, 0.25) is 0 Å². The standard InChI is InChI=1S/C19H22F3N5O4S/c1-11-7-14(18(28)26-13-3-5-24-16(8-13)32(23,29)30)17(25-9-11)27-6-4-15(19(20,21)22)31-12(2)10-27/h3,5,7-9,12,15H,4,6,10H2,1-2H3,(H2,23,29,30)(H,24,26,28). The first-order valence-corrected chi connectivity index (χ1v) is 11.1. The quantitative estimate of drug-likeness (QED) is 0.697. The third-order valence-electron chi connectivity index (χ3n) is 4.73. The Hall–Kier alpha value is -2.77. The lowest BCUT2D eigenvalue weighted by molar-refractivity contribution is -0.228. The van der Waals surface area contributed by atoms with E-state index in [4.69, 9.17) is 9.88 Å². The number of amides is 1. The fourth-order valence-corrected chi connectivity index (χ4v) is 3.82. The Morgan fingerprint density at radius 2 is 2.03 bits per heavy atom. The summed E-state index contributed by atoms with van der Waals surface area (Å²) in [6.45, 7) is 3.33. The van der Waals surface area contributed by atoms with Crippen LogP contribution >= 0.6 is 0 Å². The van der Waals surface area contributed by atoms with Crippen LogP contribution in [0.1, 0.15) is 29.3 Å². The number of alkyl halides is 3. The lowest BCUT2D eigenvalue weighted by Crippen LogP contribution is -2.34. The first kappa shape index (κ1) is 23.9. The molecule has 1 aliphatic rings. The van der Waals surface area contributed by atoms with Crippen molar-refractivity contribution in [3.63, 3.8) is 0 Å². The molecule has 0 aromatic carbocycles. The highest BCUT2D eigenvalue weighted by atomic mass is 32.2. The molecule has 2 unspecified atom stereocenters. The first-order valence-electron chi connectivity index (χ1n) is 9.58. The summed E-state index contributed by atoms with van der Waals surface area (Å²) in [7, 11) is -4.07. The van der Waals surface area contributed by atoms with Gasteiger partial charge in [0, 0.05) is 43.7 Å². The monoisotopic (exact) mass is 473 g/mol. The SMILES string of the molecule is Cc1cnc(N2CCC(C(F)(F)F)OC(C)C2)c(C(=O)Nc2ccnc(S(N)(=O)=O)c2)c1. The number of halogens is 3. The van der Waals surface area contributed by atoms with E-state index in [1.807, 2.05) is 0 Å². The summed E-state index contributed by atoms with van der Waals surface area (Å²) < 4.78 is 67.6. The fourth-order valence-electron chi connectivity index (χ4n) is 3.32. The molecule has 3 heterocycles. The smallest absolute Gasteiger partial charge is 0.364 e. The molecule has 0 bridgehead atoms. The van der Waals surface area contributed by atoms with Crippen LogP contribution in [0, 0.1) is 6.92 Å². The number of sulfonamides is 1. The largest absolute Gasteiger partial charge is 0.414 e. The number of nitrogens with zero attached hydrogens (tertiary/aromatic N) is 3. The van der Waals surface area contributed by atoms with Crippen LogP contribution in [0.4, 0.5) is 24.7 Å². The minimum Gasteiger partial charge on any atom is -0.364 e. The highest BCUT2D eigenvalue weighted by Gasteiger charge is 2.43. The molecule has 13 heteroatoms. The van der Waals surface area contributed by atoms with Gasteiger partial charge < -0.3 is 15.0 Å². The fraction of sp³-hybridized carbons (Fsp3) is 0.421. The molecule has 32 heavy (non-hydrogen) atoms. The molecule has 9 nitrogen and oxygen atoms in total. The Morgan fingerprint density at radius 1 is 1.31 bits per heavy atom. The Morgan fingerprint density at radius 3 is 2.69 bits per heavy atom. The molecular formula is C19H22F3N5O4S. The number of hydrogen-bond donors (Lipinski definition) is 2. The summed E-state index contributed by atoms with van der Waals surface area (Å²) in [4.78, 5) is 22.5. The average Bonchev–Trinajstić information content (AvgIpc) is 2.89. The van der Waals surface area contributed by atoms with E-state index in [0.717, 1.165) is 6.07 Å². The van der Waals surface area contributed by atoms with Crippen LogP contribution < -0.4 is 15.4 Å². The van der Waals surface area contributed by atoms with Crippen molar-refractivity contribution in [3.8, 4) is 0 Å². The predicted molar refractivity (Wildman–Crippen MR) is 110 cm³/mol. The second kappa shape index (κ2) is 9.00. The first-order chi connectivity index (χ1) is 14.8. The van der Waals surface area contributed by atoms with Crippen molar-refractivity contribution in [2.45, 2.75) is 43.7 Å². The summed E-state index contributed by atoms with van der Waals surface area (Å²) in [6.07, 6.45) is -4.77. The van der Waals surface area contributed by atoms with E-state index in [1.165, 1.54) is 25.4 Å². The topological polar surface area (TPSA) is 128 Å². The van der Waals surface area contributed by atoms with E-state index >= 15 is 0 Å². The Balaban J connectivity index is 1.89. The molecule has 1 aliphatic heterocycles.